The van der Waals surface area contributed by atoms with E-state index >= 15 is 0 Å². The quantitative estimate of drug-likeness (QED) is 0.804. The minimum absolute atomic E-state index is 0.216. The van der Waals surface area contributed by atoms with Crippen LogP contribution >= 0.6 is 0 Å². The molecule has 2 aromatic rings. The molecule has 1 N–H and O–H groups in total. The fourth-order valence-corrected chi connectivity index (χ4v) is 4.31. The van der Waals surface area contributed by atoms with Gasteiger partial charge in [-0.05, 0) is 50.4 Å². The molecule has 0 saturated carbocycles. The normalized spacial score (nSPS) is 18.5. The predicted octanol–water partition coefficient (Wildman–Crippen LogP) is 4.35. The number of carboxylic acids is 1. The summed E-state index contributed by atoms with van der Waals surface area (Å²) in [6.45, 7) is 4.88. The van der Waals surface area contributed by atoms with Gasteiger partial charge in [0.05, 0.1) is 20.3 Å². The van der Waals surface area contributed by atoms with E-state index in [2.05, 4.69) is 36.9 Å². The van der Waals surface area contributed by atoms with E-state index in [0.29, 0.717) is 17.9 Å². The molecule has 5 nitrogen and oxygen atoms in total. The van der Waals surface area contributed by atoms with Crippen molar-refractivity contribution < 1.29 is 19.4 Å². The summed E-state index contributed by atoms with van der Waals surface area (Å²) in [7, 11) is 3.25. The summed E-state index contributed by atoms with van der Waals surface area (Å²) < 4.78 is 11.2. The molecular formula is C23H29NO4. The minimum atomic E-state index is -0.767. The van der Waals surface area contributed by atoms with E-state index < -0.39 is 12.0 Å². The molecule has 2 unspecified atom stereocenters. The first-order valence-electron chi connectivity index (χ1n) is 9.74. The number of hydrogen-bond acceptors (Lipinski definition) is 4. The van der Waals surface area contributed by atoms with Crippen LogP contribution in [-0.2, 0) is 4.79 Å². The molecule has 1 saturated heterocycles. The van der Waals surface area contributed by atoms with Crippen molar-refractivity contribution in [3.8, 4) is 11.5 Å². The lowest BCUT2D eigenvalue weighted by Crippen LogP contribution is -2.47. The van der Waals surface area contributed by atoms with Gasteiger partial charge in [-0.2, -0.15) is 0 Å². The number of rotatable bonds is 6. The number of likely N-dealkylation sites (tertiary alicyclic amines) is 1. The first-order valence-corrected chi connectivity index (χ1v) is 9.74. The molecule has 2 aromatic carbocycles. The number of nitrogens with zero attached hydrogens (tertiary/aromatic N) is 1. The number of methoxy groups -OCH3 is 2. The third-order valence-electron chi connectivity index (χ3n) is 5.61. The highest BCUT2D eigenvalue weighted by Gasteiger charge is 2.37. The number of para-hydroxylation sites is 1. The van der Waals surface area contributed by atoms with Crippen LogP contribution in [0.3, 0.4) is 0 Å². The van der Waals surface area contributed by atoms with Gasteiger partial charge < -0.3 is 14.6 Å². The van der Waals surface area contributed by atoms with Crippen molar-refractivity contribution in [2.75, 3.05) is 20.8 Å². The van der Waals surface area contributed by atoms with Crippen LogP contribution in [0.5, 0.6) is 11.5 Å². The second kappa shape index (κ2) is 8.65. The summed E-state index contributed by atoms with van der Waals surface area (Å²) >= 11 is 0. The predicted molar refractivity (Wildman–Crippen MR) is 109 cm³/mol. The van der Waals surface area contributed by atoms with Crippen molar-refractivity contribution in [3.05, 3.63) is 58.7 Å². The SMILES string of the molecule is COc1cccc(C(c2ccc(C)cc2C)N2CCCCC2C(=O)O)c1OC. The van der Waals surface area contributed by atoms with E-state index in [4.69, 9.17) is 9.47 Å². The van der Waals surface area contributed by atoms with Crippen LogP contribution < -0.4 is 9.47 Å². The Morgan fingerprint density at radius 2 is 1.89 bits per heavy atom. The number of carboxylic acid groups (broad SMARTS) is 1. The molecule has 2 atom stereocenters. The molecular weight excluding hydrogens is 354 g/mol. The summed E-state index contributed by atoms with van der Waals surface area (Å²) in [5.74, 6) is 0.541. The van der Waals surface area contributed by atoms with Crippen LogP contribution in [0.15, 0.2) is 36.4 Å². The Labute approximate surface area is 166 Å². The molecule has 150 valence electrons. The van der Waals surface area contributed by atoms with Crippen molar-refractivity contribution >= 4 is 5.97 Å². The highest BCUT2D eigenvalue weighted by molar-refractivity contribution is 5.74. The van der Waals surface area contributed by atoms with Gasteiger partial charge in [-0.3, -0.25) is 9.69 Å². The van der Waals surface area contributed by atoms with Crippen molar-refractivity contribution in [2.24, 2.45) is 0 Å². The van der Waals surface area contributed by atoms with Gasteiger partial charge in [0, 0.05) is 5.56 Å². The van der Waals surface area contributed by atoms with Crippen molar-refractivity contribution in [1.29, 1.82) is 0 Å². The molecule has 0 spiro atoms. The molecule has 0 aliphatic carbocycles. The van der Waals surface area contributed by atoms with E-state index in [-0.39, 0.29) is 6.04 Å². The van der Waals surface area contributed by atoms with E-state index in [0.717, 1.165) is 36.1 Å². The van der Waals surface area contributed by atoms with Gasteiger partial charge in [0.25, 0.3) is 0 Å². The summed E-state index contributed by atoms with van der Waals surface area (Å²) in [5.41, 5.74) is 4.36. The Bertz CT molecular complexity index is 848. The zero-order valence-electron chi connectivity index (χ0n) is 17.1. The van der Waals surface area contributed by atoms with Gasteiger partial charge in [0.15, 0.2) is 11.5 Å². The van der Waals surface area contributed by atoms with Crippen molar-refractivity contribution in [2.45, 2.75) is 45.2 Å². The van der Waals surface area contributed by atoms with E-state index in [1.807, 2.05) is 18.2 Å². The van der Waals surface area contributed by atoms with Crippen LogP contribution in [0, 0.1) is 13.8 Å². The van der Waals surface area contributed by atoms with Gasteiger partial charge >= 0.3 is 5.97 Å². The number of hydrogen-bond donors (Lipinski definition) is 1. The van der Waals surface area contributed by atoms with Gasteiger partial charge in [-0.25, -0.2) is 0 Å². The molecule has 1 heterocycles. The van der Waals surface area contributed by atoms with Crippen molar-refractivity contribution in [1.82, 2.24) is 4.90 Å². The number of piperidine rings is 1. The molecule has 0 amide bonds. The van der Waals surface area contributed by atoms with Crippen LogP contribution in [0.1, 0.15) is 47.6 Å². The second-order valence-corrected chi connectivity index (χ2v) is 7.43. The average molecular weight is 383 g/mol. The van der Waals surface area contributed by atoms with Gasteiger partial charge in [-0.15, -0.1) is 0 Å². The summed E-state index contributed by atoms with van der Waals surface area (Å²) in [5, 5.41) is 9.89. The van der Waals surface area contributed by atoms with E-state index in [9.17, 15) is 9.90 Å². The number of aryl methyl sites for hydroxylation is 2. The Morgan fingerprint density at radius 3 is 2.54 bits per heavy atom. The minimum Gasteiger partial charge on any atom is -0.493 e. The fraction of sp³-hybridized carbons (Fsp3) is 0.435. The number of ether oxygens (including phenoxy) is 2. The number of aliphatic carboxylic acids is 1. The second-order valence-electron chi connectivity index (χ2n) is 7.43. The summed E-state index contributed by atoms with van der Waals surface area (Å²) in [4.78, 5) is 14.2. The number of carbonyl (C=O) groups is 1. The van der Waals surface area contributed by atoms with Crippen LogP contribution in [-0.4, -0.2) is 42.8 Å². The monoisotopic (exact) mass is 383 g/mol. The molecule has 3 rings (SSSR count). The fourth-order valence-electron chi connectivity index (χ4n) is 4.31. The molecule has 0 bridgehead atoms. The lowest BCUT2D eigenvalue weighted by molar-refractivity contribution is -0.145. The standard InChI is InChI=1S/C23H29NO4/c1-15-11-12-17(16(2)14-15)21(24-13-6-5-9-19(24)23(25)26)18-8-7-10-20(27-3)22(18)28-4/h7-8,10-12,14,19,21H,5-6,9,13H2,1-4H3,(H,25,26). The Kier molecular flexibility index (Phi) is 6.25. The van der Waals surface area contributed by atoms with Crippen LogP contribution in [0.4, 0.5) is 0 Å². The molecule has 5 heteroatoms. The lowest BCUT2D eigenvalue weighted by atomic mass is 9.88. The molecule has 28 heavy (non-hydrogen) atoms. The summed E-state index contributed by atoms with van der Waals surface area (Å²) in [6, 6.07) is 11.4. The highest BCUT2D eigenvalue weighted by Crippen LogP contribution is 2.43. The molecule has 1 aliphatic heterocycles. The molecule has 1 fully saturated rings. The molecule has 0 aromatic heterocycles. The Morgan fingerprint density at radius 1 is 1.11 bits per heavy atom. The maximum Gasteiger partial charge on any atom is 0.320 e. The lowest BCUT2D eigenvalue weighted by Gasteiger charge is -2.40. The largest absolute Gasteiger partial charge is 0.493 e. The van der Waals surface area contributed by atoms with Gasteiger partial charge in [0.1, 0.15) is 6.04 Å². The van der Waals surface area contributed by atoms with E-state index in [1.165, 1.54) is 5.56 Å². The Hall–Kier alpha value is -2.53. The third-order valence-corrected chi connectivity index (χ3v) is 5.61. The number of benzene rings is 2. The third kappa shape index (κ3) is 3.85. The van der Waals surface area contributed by atoms with E-state index in [1.54, 1.807) is 14.2 Å². The summed E-state index contributed by atoms with van der Waals surface area (Å²) in [6.07, 6.45) is 2.57. The smallest absolute Gasteiger partial charge is 0.320 e. The Balaban J connectivity index is 2.22. The highest BCUT2D eigenvalue weighted by atomic mass is 16.5. The molecule has 0 radical (unpaired) electrons. The van der Waals surface area contributed by atoms with Gasteiger partial charge in [0.2, 0.25) is 0 Å². The zero-order valence-corrected chi connectivity index (χ0v) is 17.1. The van der Waals surface area contributed by atoms with Gasteiger partial charge in [-0.1, -0.05) is 42.3 Å². The average Bonchev–Trinajstić information content (AvgIpc) is 2.69. The molecule has 1 aliphatic rings. The van der Waals surface area contributed by atoms with Crippen LogP contribution in [0.2, 0.25) is 0 Å². The van der Waals surface area contributed by atoms with Crippen molar-refractivity contribution in [3.63, 3.8) is 0 Å². The topological polar surface area (TPSA) is 59.0 Å². The first kappa shape index (κ1) is 20.2. The maximum atomic E-state index is 12.1. The van der Waals surface area contributed by atoms with Crippen LogP contribution in [0.25, 0.3) is 0 Å². The maximum absolute atomic E-state index is 12.1. The zero-order chi connectivity index (χ0) is 20.3. The first-order chi connectivity index (χ1) is 13.5.